The number of allylic oxidation sites excluding steroid dienone is 14. The summed E-state index contributed by atoms with van der Waals surface area (Å²) in [4.78, 5) is 37.5. The van der Waals surface area contributed by atoms with Crippen LogP contribution in [0.3, 0.4) is 0 Å². The Bertz CT molecular complexity index is 1140. The predicted octanol–water partition coefficient (Wildman–Crippen LogP) is 14.9. The minimum absolute atomic E-state index is 0.0938. The Labute approximate surface area is 350 Å². The van der Waals surface area contributed by atoms with Crippen molar-refractivity contribution in [1.29, 1.82) is 0 Å². The molecule has 0 saturated heterocycles. The Kier molecular flexibility index (Phi) is 42.6. The second-order valence-corrected chi connectivity index (χ2v) is 14.9. The van der Waals surface area contributed by atoms with Crippen LogP contribution in [0.5, 0.6) is 0 Å². The molecule has 324 valence electrons. The molecule has 0 aliphatic heterocycles. The zero-order chi connectivity index (χ0) is 41.5. The third kappa shape index (κ3) is 43.6. The van der Waals surface area contributed by atoms with Crippen molar-refractivity contribution in [2.24, 2.45) is 0 Å². The lowest BCUT2D eigenvalue weighted by molar-refractivity contribution is -0.167. The maximum absolute atomic E-state index is 12.6. The molecule has 0 aliphatic carbocycles. The molecule has 0 fully saturated rings. The highest BCUT2D eigenvalue weighted by Crippen LogP contribution is 2.13. The lowest BCUT2D eigenvalue weighted by Crippen LogP contribution is -2.30. The zero-order valence-electron chi connectivity index (χ0n) is 36.8. The van der Waals surface area contributed by atoms with Crippen molar-refractivity contribution in [3.05, 3.63) is 85.1 Å². The molecule has 0 aromatic heterocycles. The van der Waals surface area contributed by atoms with Gasteiger partial charge in [-0.25, -0.2) is 0 Å². The number of unbranched alkanes of at least 4 members (excludes halogenated alkanes) is 15. The number of esters is 3. The minimum Gasteiger partial charge on any atom is -0.462 e. The molecular formula is C51H84O6. The lowest BCUT2D eigenvalue weighted by Gasteiger charge is -2.18. The van der Waals surface area contributed by atoms with Gasteiger partial charge in [0.15, 0.2) is 6.10 Å². The van der Waals surface area contributed by atoms with E-state index in [1.165, 1.54) is 64.2 Å². The molecule has 0 aromatic rings. The summed E-state index contributed by atoms with van der Waals surface area (Å²) >= 11 is 0. The van der Waals surface area contributed by atoms with Crippen LogP contribution >= 0.6 is 0 Å². The molecule has 0 amide bonds. The maximum Gasteiger partial charge on any atom is 0.306 e. The average molecular weight is 793 g/mol. The van der Waals surface area contributed by atoms with Gasteiger partial charge in [-0.15, -0.1) is 0 Å². The molecular weight excluding hydrogens is 709 g/mol. The SMILES string of the molecule is CC/C=C\C/C=C\C/C=C\C/C=C\C/C=C\C/C=C\C/C=C\CCCC(=O)OCC(COC(=O)CCCCCCCCC)OC(=O)CCCCCCCCCCC. The maximum atomic E-state index is 12.6. The van der Waals surface area contributed by atoms with Crippen LogP contribution in [0.25, 0.3) is 0 Å². The number of ether oxygens (including phenoxy) is 3. The molecule has 0 aliphatic rings. The monoisotopic (exact) mass is 793 g/mol. The Morgan fingerprint density at radius 3 is 1.07 bits per heavy atom. The van der Waals surface area contributed by atoms with E-state index in [0.717, 1.165) is 89.9 Å². The van der Waals surface area contributed by atoms with E-state index in [1.54, 1.807) is 0 Å². The fraction of sp³-hybridized carbons (Fsp3) is 0.667. The highest BCUT2D eigenvalue weighted by atomic mass is 16.6. The third-order valence-corrected chi connectivity index (χ3v) is 9.41. The van der Waals surface area contributed by atoms with Crippen LogP contribution in [0.4, 0.5) is 0 Å². The number of hydrogen-bond acceptors (Lipinski definition) is 6. The van der Waals surface area contributed by atoms with Gasteiger partial charge in [0.25, 0.3) is 0 Å². The molecule has 0 rings (SSSR count). The summed E-state index contributed by atoms with van der Waals surface area (Å²) in [5.74, 6) is -0.973. The van der Waals surface area contributed by atoms with Gasteiger partial charge in [0.2, 0.25) is 0 Å². The van der Waals surface area contributed by atoms with E-state index in [9.17, 15) is 14.4 Å². The lowest BCUT2D eigenvalue weighted by atomic mass is 10.1. The zero-order valence-corrected chi connectivity index (χ0v) is 36.8. The Hall–Kier alpha value is -3.41. The van der Waals surface area contributed by atoms with Gasteiger partial charge in [-0.1, -0.05) is 196 Å². The minimum atomic E-state index is -0.792. The van der Waals surface area contributed by atoms with Crippen LogP contribution in [0, 0.1) is 0 Å². The molecule has 0 aromatic carbocycles. The first-order valence-corrected chi connectivity index (χ1v) is 23.1. The van der Waals surface area contributed by atoms with Crippen LogP contribution < -0.4 is 0 Å². The van der Waals surface area contributed by atoms with E-state index >= 15 is 0 Å². The number of carbonyl (C=O) groups is 3. The quantitative estimate of drug-likeness (QED) is 0.0266. The first kappa shape index (κ1) is 53.6. The van der Waals surface area contributed by atoms with E-state index in [1.807, 2.05) is 0 Å². The first-order chi connectivity index (χ1) is 28.0. The van der Waals surface area contributed by atoms with Gasteiger partial charge in [-0.2, -0.15) is 0 Å². The number of hydrogen-bond donors (Lipinski definition) is 0. The summed E-state index contributed by atoms with van der Waals surface area (Å²) in [5.41, 5.74) is 0. The van der Waals surface area contributed by atoms with E-state index in [4.69, 9.17) is 14.2 Å². The van der Waals surface area contributed by atoms with Crippen molar-refractivity contribution < 1.29 is 28.6 Å². The van der Waals surface area contributed by atoms with Gasteiger partial charge >= 0.3 is 17.9 Å². The summed E-state index contributed by atoms with van der Waals surface area (Å²) in [6.07, 6.45) is 57.3. The molecule has 1 atom stereocenters. The number of rotatable bonds is 40. The Morgan fingerprint density at radius 1 is 0.368 bits per heavy atom. The van der Waals surface area contributed by atoms with Crippen LogP contribution in [0.2, 0.25) is 0 Å². The molecule has 6 nitrogen and oxygen atoms in total. The topological polar surface area (TPSA) is 78.9 Å². The summed E-state index contributed by atoms with van der Waals surface area (Å²) in [7, 11) is 0. The normalized spacial score (nSPS) is 12.8. The van der Waals surface area contributed by atoms with Crippen molar-refractivity contribution in [3.8, 4) is 0 Å². The molecule has 1 unspecified atom stereocenters. The van der Waals surface area contributed by atoms with Crippen LogP contribution in [-0.2, 0) is 28.6 Å². The van der Waals surface area contributed by atoms with Gasteiger partial charge in [0.1, 0.15) is 13.2 Å². The van der Waals surface area contributed by atoms with Gasteiger partial charge in [-0.3, -0.25) is 14.4 Å². The molecule has 0 radical (unpaired) electrons. The second-order valence-electron chi connectivity index (χ2n) is 14.9. The Morgan fingerprint density at radius 2 is 0.684 bits per heavy atom. The molecule has 0 heterocycles. The highest BCUT2D eigenvalue weighted by molar-refractivity contribution is 5.71. The standard InChI is InChI=1S/C51H84O6/c1-4-7-10-13-16-18-19-20-21-22-23-24-25-26-27-28-29-30-31-33-35-38-41-44-50(53)56-47-48(46-55-49(52)43-40-37-34-15-12-9-6-3)57-51(54)45-42-39-36-32-17-14-11-8-5-2/h7,10,16,18,20-21,23-24,26-27,29-30,33,35,48H,4-6,8-9,11-15,17,19,22,25,28,31-32,34,36-47H2,1-3H3/b10-7-,18-16-,21-20-,24-23-,27-26-,30-29-,35-33-. The fourth-order valence-corrected chi connectivity index (χ4v) is 5.96. The van der Waals surface area contributed by atoms with E-state index in [-0.39, 0.29) is 37.5 Å². The highest BCUT2D eigenvalue weighted by Gasteiger charge is 2.19. The average Bonchev–Trinajstić information content (AvgIpc) is 3.21. The van der Waals surface area contributed by atoms with Crippen molar-refractivity contribution in [2.45, 2.75) is 207 Å². The Balaban J connectivity index is 4.33. The van der Waals surface area contributed by atoms with Gasteiger partial charge < -0.3 is 14.2 Å². The van der Waals surface area contributed by atoms with Crippen LogP contribution in [0.1, 0.15) is 201 Å². The van der Waals surface area contributed by atoms with Gasteiger partial charge in [-0.05, 0) is 70.6 Å². The van der Waals surface area contributed by atoms with Crippen LogP contribution in [0.15, 0.2) is 85.1 Å². The summed E-state index contributed by atoms with van der Waals surface area (Å²) in [6, 6.07) is 0. The predicted molar refractivity (Wildman–Crippen MR) is 242 cm³/mol. The van der Waals surface area contributed by atoms with E-state index in [2.05, 4.69) is 106 Å². The largest absolute Gasteiger partial charge is 0.462 e. The molecule has 0 N–H and O–H groups in total. The molecule has 0 spiro atoms. The fourth-order valence-electron chi connectivity index (χ4n) is 5.96. The first-order valence-electron chi connectivity index (χ1n) is 23.1. The molecule has 6 heteroatoms. The van der Waals surface area contributed by atoms with Crippen molar-refractivity contribution in [2.75, 3.05) is 13.2 Å². The summed E-state index contributed by atoms with van der Waals surface area (Å²) < 4.78 is 16.6. The number of carbonyl (C=O) groups excluding carboxylic acids is 3. The van der Waals surface area contributed by atoms with Crippen molar-refractivity contribution in [3.63, 3.8) is 0 Å². The second kappa shape index (κ2) is 45.3. The molecule has 0 bridgehead atoms. The molecule has 0 saturated carbocycles. The van der Waals surface area contributed by atoms with E-state index in [0.29, 0.717) is 19.3 Å². The van der Waals surface area contributed by atoms with Gasteiger partial charge in [0.05, 0.1) is 0 Å². The third-order valence-electron chi connectivity index (χ3n) is 9.41. The van der Waals surface area contributed by atoms with Gasteiger partial charge in [0, 0.05) is 19.3 Å². The van der Waals surface area contributed by atoms with Crippen molar-refractivity contribution >= 4 is 17.9 Å². The smallest absolute Gasteiger partial charge is 0.306 e. The summed E-state index contributed by atoms with van der Waals surface area (Å²) in [5, 5.41) is 0. The van der Waals surface area contributed by atoms with Crippen molar-refractivity contribution in [1.82, 2.24) is 0 Å². The van der Waals surface area contributed by atoms with Crippen LogP contribution in [-0.4, -0.2) is 37.2 Å². The molecule has 57 heavy (non-hydrogen) atoms. The summed E-state index contributed by atoms with van der Waals surface area (Å²) in [6.45, 7) is 6.38. The van der Waals surface area contributed by atoms with E-state index < -0.39 is 6.10 Å².